The van der Waals surface area contributed by atoms with Crippen LogP contribution < -0.4 is 10.1 Å². The van der Waals surface area contributed by atoms with Gasteiger partial charge in [0.1, 0.15) is 11.5 Å². The number of aromatic nitrogens is 3. The molecule has 1 N–H and O–H groups in total. The molecule has 0 saturated carbocycles. The van der Waals surface area contributed by atoms with E-state index >= 15 is 0 Å². The first-order valence-corrected chi connectivity index (χ1v) is 7.51. The molecule has 3 heterocycles. The number of imidazole rings is 1. The Balaban J connectivity index is 2.04. The molecule has 7 heteroatoms. The number of carbonyl (C=O) groups excluding carboxylic acids is 1. The summed E-state index contributed by atoms with van der Waals surface area (Å²) in [6.07, 6.45) is 2.43. The van der Waals surface area contributed by atoms with E-state index in [2.05, 4.69) is 15.5 Å². The van der Waals surface area contributed by atoms with Crippen LogP contribution >= 0.6 is 0 Å². The first kappa shape index (κ1) is 15.1. The maximum absolute atomic E-state index is 12.7. The third-order valence-electron chi connectivity index (χ3n) is 3.41. The number of fused-ring (bicyclic) bond motifs is 1. The molecule has 3 aromatic rings. The standard InChI is InChI=1S/C16H18N4O3/c1-4-11-14(16(21)18-13-9-10(3)23-19-13)20-8-6-7-12(22-5-2)15(20)17-11/h6-9H,4-5H2,1-3H3,(H,18,19,21). The van der Waals surface area contributed by atoms with Crippen molar-refractivity contribution in [1.82, 2.24) is 14.5 Å². The summed E-state index contributed by atoms with van der Waals surface area (Å²) in [7, 11) is 0. The second-order valence-corrected chi connectivity index (χ2v) is 5.04. The van der Waals surface area contributed by atoms with Crippen LogP contribution in [0.15, 0.2) is 28.9 Å². The molecule has 0 atom stereocenters. The highest BCUT2D eigenvalue weighted by Gasteiger charge is 2.21. The molecule has 120 valence electrons. The molecular weight excluding hydrogens is 296 g/mol. The van der Waals surface area contributed by atoms with Crippen LogP contribution in [-0.2, 0) is 6.42 Å². The van der Waals surface area contributed by atoms with Crippen LogP contribution in [-0.4, -0.2) is 27.1 Å². The Morgan fingerprint density at radius 3 is 2.91 bits per heavy atom. The van der Waals surface area contributed by atoms with Gasteiger partial charge in [0.25, 0.3) is 5.91 Å². The molecule has 23 heavy (non-hydrogen) atoms. The third-order valence-corrected chi connectivity index (χ3v) is 3.41. The van der Waals surface area contributed by atoms with E-state index in [-0.39, 0.29) is 5.91 Å². The summed E-state index contributed by atoms with van der Waals surface area (Å²) < 4.78 is 12.3. The summed E-state index contributed by atoms with van der Waals surface area (Å²) >= 11 is 0. The minimum absolute atomic E-state index is 0.281. The lowest BCUT2D eigenvalue weighted by molar-refractivity contribution is 0.101. The van der Waals surface area contributed by atoms with Crippen molar-refractivity contribution in [2.45, 2.75) is 27.2 Å². The minimum Gasteiger partial charge on any atom is -0.490 e. The maximum atomic E-state index is 12.7. The highest BCUT2D eigenvalue weighted by atomic mass is 16.5. The monoisotopic (exact) mass is 314 g/mol. The quantitative estimate of drug-likeness (QED) is 0.783. The lowest BCUT2D eigenvalue weighted by Gasteiger charge is -2.06. The smallest absolute Gasteiger partial charge is 0.275 e. The molecule has 0 aliphatic rings. The lowest BCUT2D eigenvalue weighted by Crippen LogP contribution is -2.16. The Morgan fingerprint density at radius 1 is 1.43 bits per heavy atom. The normalized spacial score (nSPS) is 10.9. The maximum Gasteiger partial charge on any atom is 0.275 e. The molecule has 0 aromatic carbocycles. The average molecular weight is 314 g/mol. The highest BCUT2D eigenvalue weighted by molar-refractivity contribution is 6.04. The summed E-state index contributed by atoms with van der Waals surface area (Å²) in [4.78, 5) is 17.2. The Morgan fingerprint density at radius 2 is 2.26 bits per heavy atom. The zero-order valence-electron chi connectivity index (χ0n) is 13.3. The zero-order chi connectivity index (χ0) is 16.4. The molecule has 0 bridgehead atoms. The molecule has 0 fully saturated rings. The number of carbonyl (C=O) groups is 1. The summed E-state index contributed by atoms with van der Waals surface area (Å²) in [6, 6.07) is 5.34. The van der Waals surface area contributed by atoms with Gasteiger partial charge < -0.3 is 14.6 Å². The van der Waals surface area contributed by atoms with Crippen molar-refractivity contribution in [3.05, 3.63) is 41.5 Å². The number of nitrogens with one attached hydrogen (secondary N) is 1. The SMILES string of the molecule is CCOc1cccn2c(C(=O)Nc3cc(C)on3)c(CC)nc12. The number of aryl methyl sites for hydroxylation is 2. The van der Waals surface area contributed by atoms with Crippen LogP contribution in [0.2, 0.25) is 0 Å². The molecule has 1 amide bonds. The number of hydrogen-bond acceptors (Lipinski definition) is 5. The Hall–Kier alpha value is -2.83. The molecule has 0 aliphatic carbocycles. The third kappa shape index (κ3) is 2.77. The van der Waals surface area contributed by atoms with Gasteiger partial charge in [0.2, 0.25) is 0 Å². The van der Waals surface area contributed by atoms with Gasteiger partial charge in [0.05, 0.1) is 12.3 Å². The van der Waals surface area contributed by atoms with E-state index in [1.54, 1.807) is 23.6 Å². The second-order valence-electron chi connectivity index (χ2n) is 5.04. The average Bonchev–Trinajstić information content (AvgIpc) is 3.11. The first-order valence-electron chi connectivity index (χ1n) is 7.51. The molecule has 7 nitrogen and oxygen atoms in total. The number of pyridine rings is 1. The van der Waals surface area contributed by atoms with Gasteiger partial charge in [-0.25, -0.2) is 4.98 Å². The number of amides is 1. The van der Waals surface area contributed by atoms with E-state index in [1.165, 1.54) is 0 Å². The van der Waals surface area contributed by atoms with Crippen LogP contribution in [0.25, 0.3) is 5.65 Å². The van der Waals surface area contributed by atoms with Gasteiger partial charge in [-0.3, -0.25) is 9.20 Å². The van der Waals surface area contributed by atoms with Crippen LogP contribution in [0, 0.1) is 6.92 Å². The van der Waals surface area contributed by atoms with E-state index in [9.17, 15) is 4.79 Å². The van der Waals surface area contributed by atoms with Gasteiger partial charge in [-0.05, 0) is 32.4 Å². The van der Waals surface area contributed by atoms with Crippen LogP contribution in [0.4, 0.5) is 5.82 Å². The summed E-state index contributed by atoms with van der Waals surface area (Å²) in [5.41, 5.74) is 1.81. The first-order chi connectivity index (χ1) is 11.1. The molecule has 0 spiro atoms. The fourth-order valence-electron chi connectivity index (χ4n) is 2.45. The van der Waals surface area contributed by atoms with Crippen molar-refractivity contribution in [1.29, 1.82) is 0 Å². The van der Waals surface area contributed by atoms with Gasteiger partial charge in [-0.1, -0.05) is 12.1 Å². The molecule has 0 unspecified atom stereocenters. The number of rotatable bonds is 5. The van der Waals surface area contributed by atoms with Gasteiger partial charge in [0.15, 0.2) is 17.2 Å². The largest absolute Gasteiger partial charge is 0.490 e. The van der Waals surface area contributed by atoms with Crippen molar-refractivity contribution >= 4 is 17.4 Å². The topological polar surface area (TPSA) is 81.7 Å². The number of ether oxygens (including phenoxy) is 1. The van der Waals surface area contributed by atoms with Crippen molar-refractivity contribution in [3.63, 3.8) is 0 Å². The molecule has 0 radical (unpaired) electrons. The van der Waals surface area contributed by atoms with E-state index in [0.717, 1.165) is 0 Å². The Labute approximate surface area is 133 Å². The van der Waals surface area contributed by atoms with Gasteiger partial charge >= 0.3 is 0 Å². The van der Waals surface area contributed by atoms with Gasteiger partial charge in [-0.15, -0.1) is 0 Å². The zero-order valence-corrected chi connectivity index (χ0v) is 13.3. The summed E-state index contributed by atoms with van der Waals surface area (Å²) in [5, 5.41) is 6.52. The Kier molecular flexibility index (Phi) is 4.01. The van der Waals surface area contributed by atoms with E-state index < -0.39 is 0 Å². The van der Waals surface area contributed by atoms with Crippen LogP contribution in [0.5, 0.6) is 5.75 Å². The van der Waals surface area contributed by atoms with Crippen LogP contribution in [0.3, 0.4) is 0 Å². The summed E-state index contributed by atoms with van der Waals surface area (Å²) in [6.45, 7) is 6.17. The molecule has 0 aliphatic heterocycles. The van der Waals surface area contributed by atoms with E-state index in [1.807, 2.05) is 26.0 Å². The second kappa shape index (κ2) is 6.12. The minimum atomic E-state index is -0.281. The lowest BCUT2D eigenvalue weighted by atomic mass is 10.2. The number of anilines is 1. The highest BCUT2D eigenvalue weighted by Crippen LogP contribution is 2.23. The van der Waals surface area contributed by atoms with Gasteiger partial charge in [-0.2, -0.15) is 0 Å². The van der Waals surface area contributed by atoms with Crippen molar-refractivity contribution in [2.24, 2.45) is 0 Å². The van der Waals surface area contributed by atoms with Crippen molar-refractivity contribution < 1.29 is 14.1 Å². The predicted octanol–water partition coefficient (Wildman–Crippen LogP) is 2.84. The number of nitrogens with zero attached hydrogens (tertiary/aromatic N) is 3. The number of hydrogen-bond donors (Lipinski definition) is 1. The molecule has 0 saturated heterocycles. The fourth-order valence-corrected chi connectivity index (χ4v) is 2.45. The predicted molar refractivity (Wildman–Crippen MR) is 84.9 cm³/mol. The van der Waals surface area contributed by atoms with E-state index in [4.69, 9.17) is 9.26 Å². The van der Waals surface area contributed by atoms with Crippen molar-refractivity contribution in [2.75, 3.05) is 11.9 Å². The summed E-state index contributed by atoms with van der Waals surface area (Å²) in [5.74, 6) is 1.38. The van der Waals surface area contributed by atoms with Crippen molar-refractivity contribution in [3.8, 4) is 5.75 Å². The van der Waals surface area contributed by atoms with Gasteiger partial charge in [0, 0.05) is 12.3 Å². The molecular formula is C16H18N4O3. The molecule has 3 rings (SSSR count). The fraction of sp³-hybridized carbons (Fsp3) is 0.312. The van der Waals surface area contributed by atoms with Crippen LogP contribution in [0.1, 0.15) is 35.8 Å². The van der Waals surface area contributed by atoms with E-state index in [0.29, 0.717) is 47.4 Å². The Bertz CT molecular complexity index is 850. The molecule has 3 aromatic heterocycles.